The van der Waals surface area contributed by atoms with Gasteiger partial charge in [-0.25, -0.2) is 0 Å². The number of nitrogens with zero attached hydrogens (tertiary/aromatic N) is 1. The first-order valence-electron chi connectivity index (χ1n) is 8.65. The molecule has 1 aromatic carbocycles. The summed E-state index contributed by atoms with van der Waals surface area (Å²) < 4.78 is 0. The van der Waals surface area contributed by atoms with Crippen LogP contribution in [-0.2, 0) is 4.79 Å². The second-order valence-corrected chi connectivity index (χ2v) is 7.32. The maximum Gasteiger partial charge on any atom is 0.240 e. The van der Waals surface area contributed by atoms with Crippen molar-refractivity contribution < 1.29 is 4.79 Å². The van der Waals surface area contributed by atoms with Crippen molar-refractivity contribution in [2.75, 3.05) is 19.6 Å². The lowest BCUT2D eigenvalue weighted by Crippen LogP contribution is -2.53. The molecule has 4 nitrogen and oxygen atoms in total. The van der Waals surface area contributed by atoms with Gasteiger partial charge in [-0.15, -0.1) is 24.8 Å². The molecule has 0 bridgehead atoms. The number of amides is 1. The van der Waals surface area contributed by atoms with Crippen LogP contribution in [0.4, 0.5) is 0 Å². The lowest BCUT2D eigenvalue weighted by atomic mass is 9.97. The molecule has 142 valence electrons. The van der Waals surface area contributed by atoms with E-state index in [9.17, 15) is 4.79 Å². The Bertz CT molecular complexity index is 558. The molecule has 0 spiro atoms. The highest BCUT2D eigenvalue weighted by Crippen LogP contribution is 2.29. The fraction of sp³-hybridized carbons (Fsp3) is 0.611. The van der Waals surface area contributed by atoms with Crippen LogP contribution in [0.15, 0.2) is 24.3 Å². The highest BCUT2D eigenvalue weighted by Gasteiger charge is 2.37. The number of nitrogens with one attached hydrogen (secondary N) is 1. The Morgan fingerprint density at radius 3 is 2.44 bits per heavy atom. The van der Waals surface area contributed by atoms with Gasteiger partial charge < -0.3 is 11.1 Å². The van der Waals surface area contributed by atoms with Gasteiger partial charge in [0.15, 0.2) is 0 Å². The summed E-state index contributed by atoms with van der Waals surface area (Å²) in [5.74, 6) is 0.00113. The standard InChI is InChI=1S/C18H26ClN3O.2ClH/c19-15-7-5-6-14(12-15)16(22-10-3-4-11-22)13-21-17(23)18(20)8-1-2-9-18;;/h5-7,12,16H,1-4,8-11,13,20H2,(H,21,23);2*1H. The van der Waals surface area contributed by atoms with Crippen molar-refractivity contribution in [2.45, 2.75) is 50.1 Å². The Morgan fingerprint density at radius 1 is 1.20 bits per heavy atom. The third-order valence-electron chi connectivity index (χ3n) is 5.22. The van der Waals surface area contributed by atoms with Crippen molar-refractivity contribution in [3.05, 3.63) is 34.9 Å². The molecule has 1 amide bonds. The van der Waals surface area contributed by atoms with Gasteiger partial charge in [-0.3, -0.25) is 9.69 Å². The zero-order valence-corrected chi connectivity index (χ0v) is 16.8. The van der Waals surface area contributed by atoms with Crippen molar-refractivity contribution in [1.82, 2.24) is 10.2 Å². The van der Waals surface area contributed by atoms with Crippen LogP contribution in [-0.4, -0.2) is 36.0 Å². The zero-order chi connectivity index (χ0) is 16.3. The maximum atomic E-state index is 12.5. The van der Waals surface area contributed by atoms with Gasteiger partial charge in [0.1, 0.15) is 0 Å². The predicted octanol–water partition coefficient (Wildman–Crippen LogP) is 3.71. The van der Waals surface area contributed by atoms with E-state index in [4.69, 9.17) is 17.3 Å². The first kappa shape index (κ1) is 22.5. The van der Waals surface area contributed by atoms with Crippen LogP contribution in [0.5, 0.6) is 0 Å². The molecule has 1 aromatic rings. The monoisotopic (exact) mass is 407 g/mol. The Balaban J connectivity index is 0.00000156. The number of hydrogen-bond donors (Lipinski definition) is 2. The average molecular weight is 409 g/mol. The van der Waals surface area contributed by atoms with Gasteiger partial charge >= 0.3 is 0 Å². The number of benzene rings is 1. The predicted molar refractivity (Wildman–Crippen MR) is 108 cm³/mol. The number of hydrogen-bond acceptors (Lipinski definition) is 3. The van der Waals surface area contributed by atoms with Gasteiger partial charge in [0.05, 0.1) is 11.6 Å². The summed E-state index contributed by atoms with van der Waals surface area (Å²) >= 11 is 6.16. The molecule has 0 aromatic heterocycles. The highest BCUT2D eigenvalue weighted by molar-refractivity contribution is 6.30. The number of nitrogens with two attached hydrogens (primary N) is 1. The number of carbonyl (C=O) groups is 1. The third-order valence-corrected chi connectivity index (χ3v) is 5.45. The van der Waals surface area contributed by atoms with E-state index in [2.05, 4.69) is 16.3 Å². The molecule has 1 heterocycles. The van der Waals surface area contributed by atoms with Crippen LogP contribution in [0, 0.1) is 0 Å². The SMILES string of the molecule is Cl.Cl.NC1(C(=O)NCC(c2cccc(Cl)c2)N2CCCC2)CCCC1. The van der Waals surface area contributed by atoms with Crippen LogP contribution in [0.25, 0.3) is 0 Å². The van der Waals surface area contributed by atoms with Gasteiger partial charge in [-0.1, -0.05) is 36.6 Å². The van der Waals surface area contributed by atoms with Crippen molar-refractivity contribution in [3.8, 4) is 0 Å². The van der Waals surface area contributed by atoms with Gasteiger partial charge in [-0.05, 0) is 56.5 Å². The number of carbonyl (C=O) groups excluding carboxylic acids is 1. The average Bonchev–Trinajstić information content (AvgIpc) is 3.20. The van der Waals surface area contributed by atoms with Crippen LogP contribution >= 0.6 is 36.4 Å². The Labute approximate surface area is 167 Å². The molecule has 3 rings (SSSR count). The highest BCUT2D eigenvalue weighted by atomic mass is 35.5. The van der Waals surface area contributed by atoms with Crippen LogP contribution in [0.2, 0.25) is 5.02 Å². The second-order valence-electron chi connectivity index (χ2n) is 6.89. The van der Waals surface area contributed by atoms with E-state index in [-0.39, 0.29) is 36.8 Å². The van der Waals surface area contributed by atoms with Crippen molar-refractivity contribution in [3.63, 3.8) is 0 Å². The van der Waals surface area contributed by atoms with E-state index in [0.29, 0.717) is 6.54 Å². The van der Waals surface area contributed by atoms with E-state index >= 15 is 0 Å². The lowest BCUT2D eigenvalue weighted by Gasteiger charge is -2.30. The van der Waals surface area contributed by atoms with Crippen LogP contribution < -0.4 is 11.1 Å². The number of halogens is 3. The molecule has 1 saturated carbocycles. The largest absolute Gasteiger partial charge is 0.353 e. The maximum absolute atomic E-state index is 12.5. The molecule has 25 heavy (non-hydrogen) atoms. The van der Waals surface area contributed by atoms with E-state index in [1.54, 1.807) is 0 Å². The summed E-state index contributed by atoms with van der Waals surface area (Å²) in [5.41, 5.74) is 6.76. The molecule has 1 aliphatic carbocycles. The molecular weight excluding hydrogens is 381 g/mol. The van der Waals surface area contributed by atoms with E-state index in [0.717, 1.165) is 49.4 Å². The zero-order valence-electron chi connectivity index (χ0n) is 14.4. The molecule has 1 saturated heterocycles. The molecule has 1 aliphatic heterocycles. The van der Waals surface area contributed by atoms with E-state index < -0.39 is 5.54 Å². The van der Waals surface area contributed by atoms with Crippen molar-refractivity contribution in [2.24, 2.45) is 5.73 Å². The lowest BCUT2D eigenvalue weighted by molar-refractivity contribution is -0.126. The molecule has 2 aliphatic rings. The Kier molecular flexibility index (Phi) is 8.99. The summed E-state index contributed by atoms with van der Waals surface area (Å²) in [7, 11) is 0. The van der Waals surface area contributed by atoms with Gasteiger partial charge in [0.25, 0.3) is 0 Å². The van der Waals surface area contributed by atoms with E-state index in [1.165, 1.54) is 12.8 Å². The topological polar surface area (TPSA) is 58.4 Å². The normalized spacial score (nSPS) is 20.4. The smallest absolute Gasteiger partial charge is 0.240 e. The minimum Gasteiger partial charge on any atom is -0.353 e. The first-order chi connectivity index (χ1) is 11.1. The minimum atomic E-state index is -0.663. The molecular formula is C18H28Cl3N3O. The van der Waals surface area contributed by atoms with Gasteiger partial charge in [0, 0.05) is 11.6 Å². The van der Waals surface area contributed by atoms with Crippen LogP contribution in [0.1, 0.15) is 50.1 Å². The molecule has 3 N–H and O–H groups in total. The first-order valence-corrected chi connectivity index (χ1v) is 9.03. The molecule has 1 unspecified atom stereocenters. The molecule has 0 radical (unpaired) electrons. The van der Waals surface area contributed by atoms with Crippen molar-refractivity contribution >= 4 is 42.3 Å². The Hall–Kier alpha value is -0.520. The third kappa shape index (κ3) is 5.48. The van der Waals surface area contributed by atoms with E-state index in [1.807, 2.05) is 18.2 Å². The molecule has 7 heteroatoms. The summed E-state index contributed by atoms with van der Waals surface area (Å²) in [6.45, 7) is 2.74. The Morgan fingerprint density at radius 2 is 1.84 bits per heavy atom. The van der Waals surface area contributed by atoms with Crippen LogP contribution in [0.3, 0.4) is 0 Å². The van der Waals surface area contributed by atoms with Gasteiger partial charge in [-0.2, -0.15) is 0 Å². The summed E-state index contributed by atoms with van der Waals surface area (Å²) in [4.78, 5) is 14.9. The fourth-order valence-corrected chi connectivity index (χ4v) is 4.02. The minimum absolute atomic E-state index is 0. The summed E-state index contributed by atoms with van der Waals surface area (Å²) in [6, 6.07) is 8.13. The van der Waals surface area contributed by atoms with Crippen molar-refractivity contribution in [1.29, 1.82) is 0 Å². The second kappa shape index (κ2) is 9.98. The molecule has 1 atom stereocenters. The molecule has 2 fully saturated rings. The fourth-order valence-electron chi connectivity index (χ4n) is 3.82. The number of rotatable bonds is 5. The summed E-state index contributed by atoms with van der Waals surface area (Å²) in [6.07, 6.45) is 6.12. The number of likely N-dealkylation sites (tertiary alicyclic amines) is 1. The summed E-state index contributed by atoms with van der Waals surface area (Å²) in [5, 5.41) is 3.85. The van der Waals surface area contributed by atoms with Gasteiger partial charge in [0.2, 0.25) is 5.91 Å². The quantitative estimate of drug-likeness (QED) is 0.781.